The zero-order chi connectivity index (χ0) is 19.1. The first-order valence-corrected chi connectivity index (χ1v) is 14.1. The lowest BCUT2D eigenvalue weighted by Gasteiger charge is -2.51. The summed E-state index contributed by atoms with van der Waals surface area (Å²) in [5.74, 6) is 4.25. The van der Waals surface area contributed by atoms with Crippen molar-refractivity contribution in [2.75, 3.05) is 30.5 Å². The van der Waals surface area contributed by atoms with E-state index in [-0.39, 0.29) is 0 Å². The second kappa shape index (κ2) is 7.83. The first kappa shape index (κ1) is 19.2. The summed E-state index contributed by atoms with van der Waals surface area (Å²) < 4.78 is 0. The molecule has 0 aromatic heterocycles. The molecule has 0 amide bonds. The molecule has 3 aliphatic heterocycles. The van der Waals surface area contributed by atoms with E-state index in [1.54, 1.807) is 11.1 Å². The molecule has 1 saturated heterocycles. The Balaban J connectivity index is 1.58. The van der Waals surface area contributed by atoms with Gasteiger partial charge in [0, 0.05) is 24.7 Å². The molecule has 1 N–H and O–H groups in total. The minimum absolute atomic E-state index is 0.359. The molecule has 2 atom stereocenters. The maximum Gasteiger partial charge on any atom is 0.0954 e. The summed E-state index contributed by atoms with van der Waals surface area (Å²) >= 11 is 0. The van der Waals surface area contributed by atoms with E-state index in [2.05, 4.69) is 11.8 Å². The van der Waals surface area contributed by atoms with Crippen molar-refractivity contribution < 1.29 is 5.11 Å². The fourth-order valence-corrected chi connectivity index (χ4v) is 9.89. The maximum absolute atomic E-state index is 10.5. The van der Waals surface area contributed by atoms with Crippen LogP contribution in [0.4, 0.5) is 0 Å². The Kier molecular flexibility index (Phi) is 5.38. The molecule has 0 aromatic carbocycles. The van der Waals surface area contributed by atoms with Crippen LogP contribution in [-0.2, 0) is 0 Å². The van der Waals surface area contributed by atoms with Crippen LogP contribution in [0.15, 0.2) is 26.9 Å². The van der Waals surface area contributed by atoms with Crippen LogP contribution in [0.2, 0.25) is 0 Å². The molecule has 2 saturated carbocycles. The molecular formula is C24H38N2OS. The Bertz CT molecular complexity index is 710. The lowest BCUT2D eigenvalue weighted by atomic mass is 9.73. The number of aliphatic imine (C=N–C) groups is 1. The first-order valence-electron chi connectivity index (χ1n) is 12.0. The molecule has 3 fully saturated rings. The number of allylic oxidation sites excluding steroid dienone is 2. The monoisotopic (exact) mass is 402 g/mol. The van der Waals surface area contributed by atoms with Crippen LogP contribution < -0.4 is 0 Å². The van der Waals surface area contributed by atoms with Gasteiger partial charge in [-0.1, -0.05) is 32.6 Å². The van der Waals surface area contributed by atoms with Gasteiger partial charge in [0.05, 0.1) is 16.7 Å². The first-order chi connectivity index (χ1) is 13.8. The second-order valence-electron chi connectivity index (χ2n) is 9.62. The van der Waals surface area contributed by atoms with Crippen molar-refractivity contribution >= 4 is 15.7 Å². The third-order valence-electron chi connectivity index (χ3n) is 8.25. The predicted molar refractivity (Wildman–Crippen MR) is 121 cm³/mol. The number of rotatable bonds is 3. The van der Waals surface area contributed by atoms with Crippen LogP contribution in [0.1, 0.15) is 77.6 Å². The van der Waals surface area contributed by atoms with Gasteiger partial charge in [-0.25, -0.2) is 4.99 Å². The Morgan fingerprint density at radius 3 is 2.54 bits per heavy atom. The molecule has 5 aliphatic rings. The van der Waals surface area contributed by atoms with Gasteiger partial charge in [0.1, 0.15) is 0 Å². The van der Waals surface area contributed by atoms with Gasteiger partial charge in [0.15, 0.2) is 0 Å². The number of hydrogen-bond acceptors (Lipinski definition) is 3. The fourth-order valence-electron chi connectivity index (χ4n) is 6.71. The lowest BCUT2D eigenvalue weighted by Crippen LogP contribution is -2.39. The summed E-state index contributed by atoms with van der Waals surface area (Å²) in [5, 5.41) is 12.0. The number of fused-ring (bicyclic) bond motifs is 3. The third-order valence-corrected chi connectivity index (χ3v) is 12.2. The van der Waals surface area contributed by atoms with Crippen molar-refractivity contribution in [1.29, 1.82) is 0 Å². The highest BCUT2D eigenvalue weighted by molar-refractivity contribution is 8.36. The highest BCUT2D eigenvalue weighted by Gasteiger charge is 2.44. The Morgan fingerprint density at radius 2 is 1.79 bits per heavy atom. The Morgan fingerprint density at radius 1 is 0.964 bits per heavy atom. The van der Waals surface area contributed by atoms with E-state index in [1.807, 2.05) is 0 Å². The molecule has 5 rings (SSSR count). The van der Waals surface area contributed by atoms with Crippen LogP contribution in [0.5, 0.6) is 0 Å². The average Bonchev–Trinajstić information content (AvgIpc) is 2.92. The van der Waals surface area contributed by atoms with E-state index in [4.69, 9.17) is 4.99 Å². The molecule has 0 radical (unpaired) electrons. The summed E-state index contributed by atoms with van der Waals surface area (Å²) in [6.45, 7) is 4.63. The van der Waals surface area contributed by atoms with Crippen molar-refractivity contribution in [3.05, 3.63) is 21.9 Å². The van der Waals surface area contributed by atoms with E-state index in [1.165, 1.54) is 99.4 Å². The third kappa shape index (κ3) is 3.01. The molecule has 0 aromatic rings. The molecule has 0 spiro atoms. The fraction of sp³-hybridized carbons (Fsp3) is 0.792. The predicted octanol–water partition coefficient (Wildman–Crippen LogP) is 5.56. The highest BCUT2D eigenvalue weighted by Crippen LogP contribution is 2.62. The molecule has 4 heteroatoms. The lowest BCUT2D eigenvalue weighted by molar-refractivity contribution is 0.334. The van der Waals surface area contributed by atoms with Crippen LogP contribution in [0, 0.1) is 11.8 Å². The van der Waals surface area contributed by atoms with Crippen LogP contribution in [-0.4, -0.2) is 46.3 Å². The van der Waals surface area contributed by atoms with Gasteiger partial charge in [-0.05, 0) is 73.5 Å². The van der Waals surface area contributed by atoms with Crippen molar-refractivity contribution in [3.8, 4) is 0 Å². The van der Waals surface area contributed by atoms with Crippen molar-refractivity contribution in [2.24, 2.45) is 16.8 Å². The summed E-state index contributed by atoms with van der Waals surface area (Å²) in [5.41, 5.74) is 6.10. The zero-order valence-electron chi connectivity index (χ0n) is 17.7. The molecular weight excluding hydrogens is 364 g/mol. The van der Waals surface area contributed by atoms with E-state index in [0.29, 0.717) is 11.9 Å². The van der Waals surface area contributed by atoms with Gasteiger partial charge in [0.25, 0.3) is 0 Å². The standard InChI is InChI=1S/C24H38N2OS/c1-2-28(17-27)16-8-14-26-15-13-21-20-12-7-11-19(18-9-5-3-4-6-10-18)22(20)25-23(21)24(26)28/h18-19,27H,2-17H2,1H3. The molecule has 28 heavy (non-hydrogen) atoms. The van der Waals surface area contributed by atoms with Crippen LogP contribution >= 0.6 is 10.0 Å². The number of hydrogen-bond donors (Lipinski definition) is 1. The summed E-state index contributed by atoms with van der Waals surface area (Å²) in [4.78, 5) is 8.11. The van der Waals surface area contributed by atoms with Crippen LogP contribution in [0.3, 0.4) is 0 Å². The van der Waals surface area contributed by atoms with E-state index in [0.717, 1.165) is 18.2 Å². The van der Waals surface area contributed by atoms with Crippen molar-refractivity contribution in [2.45, 2.75) is 77.6 Å². The van der Waals surface area contributed by atoms with Gasteiger partial charge in [-0.3, -0.25) is 0 Å². The normalized spacial score (nSPS) is 36.3. The minimum atomic E-state index is -1.10. The maximum atomic E-state index is 10.5. The van der Waals surface area contributed by atoms with Gasteiger partial charge in [-0.2, -0.15) is 10.0 Å². The molecule has 2 aliphatic carbocycles. The SMILES string of the molecule is CCS1(CO)CCCN2CCC3=C4CCCC(C5CCCCCC5)C4=NC3=C21. The largest absolute Gasteiger partial charge is 0.387 e. The quantitative estimate of drug-likeness (QED) is 0.627. The van der Waals surface area contributed by atoms with Gasteiger partial charge < -0.3 is 10.0 Å². The van der Waals surface area contributed by atoms with Crippen LogP contribution in [0.25, 0.3) is 0 Å². The highest BCUT2D eigenvalue weighted by atomic mass is 32.3. The number of aliphatic hydroxyl groups excluding tert-OH is 1. The van der Waals surface area contributed by atoms with Crippen molar-refractivity contribution in [3.63, 3.8) is 0 Å². The minimum Gasteiger partial charge on any atom is -0.387 e. The number of aliphatic hydroxyl groups is 1. The van der Waals surface area contributed by atoms with Gasteiger partial charge in [-0.15, -0.1) is 0 Å². The molecule has 3 heterocycles. The molecule has 156 valence electrons. The van der Waals surface area contributed by atoms with Crippen molar-refractivity contribution in [1.82, 2.24) is 4.90 Å². The summed E-state index contributed by atoms with van der Waals surface area (Å²) in [6, 6.07) is 0. The Labute approximate surface area is 172 Å². The van der Waals surface area contributed by atoms with E-state index in [9.17, 15) is 5.11 Å². The topological polar surface area (TPSA) is 35.8 Å². The summed E-state index contributed by atoms with van der Waals surface area (Å²) in [7, 11) is -1.10. The smallest absolute Gasteiger partial charge is 0.0954 e. The average molecular weight is 403 g/mol. The number of nitrogens with zero attached hydrogens (tertiary/aromatic N) is 2. The van der Waals surface area contributed by atoms with Gasteiger partial charge in [0.2, 0.25) is 0 Å². The molecule has 0 bridgehead atoms. The summed E-state index contributed by atoms with van der Waals surface area (Å²) in [6.07, 6.45) is 15.0. The molecule has 3 nitrogen and oxygen atoms in total. The van der Waals surface area contributed by atoms with E-state index < -0.39 is 10.0 Å². The molecule has 2 unspecified atom stereocenters. The zero-order valence-corrected chi connectivity index (χ0v) is 18.5. The second-order valence-corrected chi connectivity index (χ2v) is 13.3. The Hall–Kier alpha value is -0.740. The van der Waals surface area contributed by atoms with E-state index >= 15 is 0 Å². The van der Waals surface area contributed by atoms with Gasteiger partial charge >= 0.3 is 0 Å².